The van der Waals surface area contributed by atoms with Crippen molar-refractivity contribution in [2.75, 3.05) is 7.11 Å². The number of nitro groups is 1. The van der Waals surface area contributed by atoms with Crippen LogP contribution in [0, 0.1) is 30.9 Å². The van der Waals surface area contributed by atoms with Gasteiger partial charge < -0.3 is 4.74 Å². The van der Waals surface area contributed by atoms with Crippen molar-refractivity contribution in [3.8, 4) is 5.75 Å². The van der Waals surface area contributed by atoms with E-state index in [0.717, 1.165) is 11.1 Å². The Hall–Kier alpha value is -3.75. The Morgan fingerprint density at radius 2 is 1.97 bits per heavy atom. The van der Waals surface area contributed by atoms with Crippen LogP contribution in [-0.2, 0) is 13.1 Å². The molecule has 0 atom stereocenters. The van der Waals surface area contributed by atoms with Gasteiger partial charge in [0.25, 0.3) is 0 Å². The van der Waals surface area contributed by atoms with Gasteiger partial charge in [-0.1, -0.05) is 12.1 Å². The number of carbonyl (C=O) groups excluding carboxylic acids is 1. The second kappa shape index (κ2) is 8.95. The molecule has 0 saturated carbocycles. The summed E-state index contributed by atoms with van der Waals surface area (Å²) in [7, 11) is 1.57. The average Bonchev–Trinajstić information content (AvgIpc) is 3.25. The number of hydrogen-bond donors (Lipinski definition) is 0. The van der Waals surface area contributed by atoms with Gasteiger partial charge in [-0.2, -0.15) is 10.2 Å². The van der Waals surface area contributed by atoms with E-state index in [9.17, 15) is 14.9 Å². The molecule has 0 fully saturated rings. The van der Waals surface area contributed by atoms with Crippen molar-refractivity contribution < 1.29 is 14.5 Å². The van der Waals surface area contributed by atoms with Crippen LogP contribution in [0.2, 0.25) is 0 Å². The van der Waals surface area contributed by atoms with Crippen LogP contribution in [0.15, 0.2) is 30.5 Å². The van der Waals surface area contributed by atoms with Gasteiger partial charge in [-0.3, -0.25) is 24.3 Å². The van der Waals surface area contributed by atoms with Gasteiger partial charge in [0.15, 0.2) is 5.78 Å². The molecule has 0 saturated heterocycles. The molecule has 0 aliphatic heterocycles. The molecule has 0 aliphatic carbocycles. The lowest BCUT2D eigenvalue weighted by Gasteiger charge is -2.10. The van der Waals surface area contributed by atoms with Crippen molar-refractivity contribution >= 4 is 17.5 Å². The maximum atomic E-state index is 12.6. The number of ether oxygens (including phenoxy) is 1. The first-order valence-electron chi connectivity index (χ1n) is 9.86. The highest BCUT2D eigenvalue weighted by molar-refractivity contribution is 6.07. The van der Waals surface area contributed by atoms with Crippen molar-refractivity contribution in [2.24, 2.45) is 0 Å². The van der Waals surface area contributed by atoms with Gasteiger partial charge in [0.1, 0.15) is 17.1 Å². The fourth-order valence-corrected chi connectivity index (χ4v) is 3.48. The predicted molar refractivity (Wildman–Crippen MR) is 116 cm³/mol. The second-order valence-corrected chi connectivity index (χ2v) is 7.19. The molecule has 0 unspecified atom stereocenters. The summed E-state index contributed by atoms with van der Waals surface area (Å²) in [6, 6.07) is 5.53. The summed E-state index contributed by atoms with van der Waals surface area (Å²) in [5.74, 6) is 0.516. The molecule has 2 aromatic heterocycles. The lowest BCUT2D eigenvalue weighted by Crippen LogP contribution is -2.06. The van der Waals surface area contributed by atoms with E-state index in [1.165, 1.54) is 6.08 Å². The van der Waals surface area contributed by atoms with Gasteiger partial charge in [-0.15, -0.1) is 0 Å². The number of aryl methyl sites for hydroxylation is 3. The summed E-state index contributed by atoms with van der Waals surface area (Å²) < 4.78 is 8.77. The molecule has 9 nitrogen and oxygen atoms in total. The molecule has 3 aromatic rings. The highest BCUT2D eigenvalue weighted by Gasteiger charge is 2.22. The van der Waals surface area contributed by atoms with Gasteiger partial charge >= 0.3 is 5.69 Å². The topological polar surface area (TPSA) is 105 Å². The fourth-order valence-electron chi connectivity index (χ4n) is 3.48. The number of benzene rings is 1. The van der Waals surface area contributed by atoms with Crippen LogP contribution in [0.3, 0.4) is 0 Å². The maximum Gasteiger partial charge on any atom is 0.312 e. The Kier molecular flexibility index (Phi) is 6.33. The number of nitrogens with zero attached hydrogens (tertiary/aromatic N) is 5. The summed E-state index contributed by atoms with van der Waals surface area (Å²) in [6.07, 6.45) is 5.00. The molecule has 0 radical (unpaired) electrons. The third kappa shape index (κ3) is 4.55. The Bertz CT molecular complexity index is 1170. The summed E-state index contributed by atoms with van der Waals surface area (Å²) in [5, 5.41) is 19.9. The van der Waals surface area contributed by atoms with Gasteiger partial charge in [-0.05, 0) is 51.5 Å². The van der Waals surface area contributed by atoms with Crippen LogP contribution in [0.25, 0.3) is 6.08 Å². The Labute approximate surface area is 180 Å². The smallest absolute Gasteiger partial charge is 0.312 e. The summed E-state index contributed by atoms with van der Waals surface area (Å²) in [5.41, 5.74) is 3.73. The van der Waals surface area contributed by atoms with E-state index in [-0.39, 0.29) is 11.5 Å². The second-order valence-electron chi connectivity index (χ2n) is 7.19. The number of hydrogen-bond acceptors (Lipinski definition) is 6. The molecule has 0 aliphatic rings. The molecule has 0 bridgehead atoms. The zero-order valence-corrected chi connectivity index (χ0v) is 18.2. The van der Waals surface area contributed by atoms with Gasteiger partial charge in [-0.25, -0.2) is 0 Å². The number of methoxy groups -OCH3 is 1. The summed E-state index contributed by atoms with van der Waals surface area (Å²) in [6.45, 7) is 8.07. The monoisotopic (exact) mass is 423 g/mol. The zero-order valence-electron chi connectivity index (χ0n) is 18.2. The third-order valence-corrected chi connectivity index (χ3v) is 5.11. The molecule has 2 heterocycles. The SMILES string of the molecule is CCn1cc(C(=O)/C=C/c2ccc(OC)c(Cn3nc(C)c([N+](=O)[O-])c3C)c2)c(C)n1. The minimum absolute atomic E-state index is 0.0172. The first-order valence-corrected chi connectivity index (χ1v) is 9.86. The molecule has 0 spiro atoms. The zero-order chi connectivity index (χ0) is 22.7. The quantitative estimate of drug-likeness (QED) is 0.236. The Morgan fingerprint density at radius 1 is 1.23 bits per heavy atom. The molecular formula is C22H25N5O4. The van der Waals surface area contributed by atoms with Crippen LogP contribution in [0.5, 0.6) is 5.75 Å². The van der Waals surface area contributed by atoms with Gasteiger partial charge in [0, 0.05) is 18.3 Å². The number of aromatic nitrogens is 4. The lowest BCUT2D eigenvalue weighted by atomic mass is 10.1. The van der Waals surface area contributed by atoms with Crippen molar-refractivity contribution in [2.45, 2.75) is 40.8 Å². The maximum absolute atomic E-state index is 12.6. The molecule has 3 rings (SSSR count). The third-order valence-electron chi connectivity index (χ3n) is 5.11. The average molecular weight is 423 g/mol. The highest BCUT2D eigenvalue weighted by atomic mass is 16.6. The lowest BCUT2D eigenvalue weighted by molar-refractivity contribution is -0.386. The first-order chi connectivity index (χ1) is 14.7. The molecule has 31 heavy (non-hydrogen) atoms. The van der Waals surface area contributed by atoms with E-state index >= 15 is 0 Å². The van der Waals surface area contributed by atoms with E-state index in [0.29, 0.717) is 41.5 Å². The fraction of sp³-hybridized carbons (Fsp3) is 0.318. The van der Waals surface area contributed by atoms with Gasteiger partial charge in [0.2, 0.25) is 0 Å². The van der Waals surface area contributed by atoms with Gasteiger partial charge in [0.05, 0.1) is 29.8 Å². The van der Waals surface area contributed by atoms with E-state index < -0.39 is 4.92 Å². The van der Waals surface area contributed by atoms with Crippen LogP contribution < -0.4 is 4.74 Å². The van der Waals surface area contributed by atoms with E-state index in [4.69, 9.17) is 4.74 Å². The van der Waals surface area contributed by atoms with Crippen molar-refractivity contribution in [1.82, 2.24) is 19.6 Å². The van der Waals surface area contributed by atoms with Crippen molar-refractivity contribution in [3.63, 3.8) is 0 Å². The summed E-state index contributed by atoms with van der Waals surface area (Å²) in [4.78, 5) is 23.4. The Balaban J connectivity index is 1.88. The standard InChI is InChI=1S/C22H25N5O4/c1-6-25-13-19(14(2)23-25)20(28)9-7-17-8-10-21(31-5)18(11-17)12-26-16(4)22(27(29)30)15(3)24-26/h7-11,13H,6,12H2,1-5H3/b9-7+. The molecule has 0 amide bonds. The molecular weight excluding hydrogens is 398 g/mol. The number of ketones is 1. The number of allylic oxidation sites excluding steroid dienone is 1. The molecule has 162 valence electrons. The highest BCUT2D eigenvalue weighted by Crippen LogP contribution is 2.26. The van der Waals surface area contributed by atoms with Crippen LogP contribution in [0.4, 0.5) is 5.69 Å². The number of rotatable bonds is 8. The molecule has 9 heteroatoms. The van der Waals surface area contributed by atoms with Crippen LogP contribution >= 0.6 is 0 Å². The molecule has 0 N–H and O–H groups in total. The van der Waals surface area contributed by atoms with E-state index in [2.05, 4.69) is 10.2 Å². The largest absolute Gasteiger partial charge is 0.496 e. The molecule has 1 aromatic carbocycles. The van der Waals surface area contributed by atoms with Crippen LogP contribution in [0.1, 0.15) is 45.5 Å². The predicted octanol–water partition coefficient (Wildman–Crippen LogP) is 3.89. The minimum atomic E-state index is -0.418. The van der Waals surface area contributed by atoms with E-state index in [1.807, 2.05) is 26.0 Å². The first kappa shape index (κ1) is 21.9. The van der Waals surface area contributed by atoms with Crippen molar-refractivity contribution in [1.29, 1.82) is 0 Å². The summed E-state index contributed by atoms with van der Waals surface area (Å²) >= 11 is 0. The number of carbonyl (C=O) groups is 1. The minimum Gasteiger partial charge on any atom is -0.496 e. The van der Waals surface area contributed by atoms with E-state index in [1.54, 1.807) is 48.7 Å². The Morgan fingerprint density at radius 3 is 2.55 bits per heavy atom. The van der Waals surface area contributed by atoms with Crippen LogP contribution in [-0.4, -0.2) is 37.4 Å². The normalized spacial score (nSPS) is 11.3. The van der Waals surface area contributed by atoms with Crippen molar-refractivity contribution in [3.05, 3.63) is 74.4 Å².